The van der Waals surface area contributed by atoms with Crippen molar-refractivity contribution in [2.24, 2.45) is 0 Å². The largest absolute Gasteiger partial charge is 0.493 e. The first-order chi connectivity index (χ1) is 16.7. The smallest absolute Gasteiger partial charge is 0.373 e. The Morgan fingerprint density at radius 2 is 1.97 bits per heavy atom. The molecule has 1 saturated heterocycles. The van der Waals surface area contributed by atoms with Gasteiger partial charge in [-0.25, -0.2) is 14.4 Å². The second-order valence-electron chi connectivity index (χ2n) is 7.18. The number of urea groups is 1. The Kier molecular flexibility index (Phi) is 8.02. The van der Waals surface area contributed by atoms with Crippen molar-refractivity contribution in [2.75, 3.05) is 20.8 Å². The third-order valence-electron chi connectivity index (χ3n) is 4.80. The molecule has 0 aliphatic carbocycles. The van der Waals surface area contributed by atoms with Gasteiger partial charge in [0.25, 0.3) is 5.91 Å². The molecule has 3 amide bonds. The molecule has 2 heterocycles. The molecule has 0 unspecified atom stereocenters. The van der Waals surface area contributed by atoms with E-state index in [9.17, 15) is 19.2 Å². The summed E-state index contributed by atoms with van der Waals surface area (Å²) in [5.41, 5.74) is 0.417. The summed E-state index contributed by atoms with van der Waals surface area (Å²) < 4.78 is 25.8. The minimum Gasteiger partial charge on any atom is -0.493 e. The first-order valence-corrected chi connectivity index (χ1v) is 10.8. The summed E-state index contributed by atoms with van der Waals surface area (Å²) in [5.74, 6) is -1.35. The van der Waals surface area contributed by atoms with Crippen LogP contribution in [0.5, 0.6) is 11.5 Å². The number of methoxy groups -OCH3 is 2. The average Bonchev–Trinajstić information content (AvgIpc) is 3.40. The predicted octanol–water partition coefficient (Wildman–Crippen LogP) is 3.15. The number of carbonyl (C=O) groups excluding carboxylic acids is 4. The highest BCUT2D eigenvalue weighted by Crippen LogP contribution is 2.38. The number of rotatable bonds is 9. The van der Waals surface area contributed by atoms with Gasteiger partial charge < -0.3 is 28.7 Å². The fraction of sp³-hybridized carbons (Fsp3) is 0.304. The first kappa shape index (κ1) is 25.6. The number of furan rings is 1. The number of nitrogens with zero attached hydrogens (tertiary/aromatic N) is 1. The quantitative estimate of drug-likeness (QED) is 0.309. The average molecular weight is 507 g/mol. The van der Waals surface area contributed by atoms with Crippen LogP contribution in [0.1, 0.15) is 35.7 Å². The second kappa shape index (κ2) is 11.0. The van der Waals surface area contributed by atoms with Gasteiger partial charge in [0, 0.05) is 0 Å². The van der Waals surface area contributed by atoms with Crippen molar-refractivity contribution in [2.45, 2.75) is 26.5 Å². The van der Waals surface area contributed by atoms with Crippen LogP contribution in [0.15, 0.2) is 34.4 Å². The minimum absolute atomic E-state index is 0.0126. The lowest BCUT2D eigenvalue weighted by molar-refractivity contribution is -0.150. The SMILES string of the molecule is CCOC(=O)[C@H](C)Oc1c(Cl)cc(/C=C2\NC(=O)N(Cc3ccc(C(=O)OC)o3)C2=O)cc1OC. The number of benzene rings is 1. The van der Waals surface area contributed by atoms with Gasteiger partial charge in [0.2, 0.25) is 5.76 Å². The van der Waals surface area contributed by atoms with Crippen molar-refractivity contribution in [3.8, 4) is 11.5 Å². The maximum absolute atomic E-state index is 12.8. The Bertz CT molecular complexity index is 1190. The van der Waals surface area contributed by atoms with Crippen molar-refractivity contribution in [1.29, 1.82) is 0 Å². The molecule has 3 rings (SSSR count). The number of carbonyl (C=O) groups is 4. The minimum atomic E-state index is -0.934. The normalized spacial score (nSPS) is 15.1. The Hall–Kier alpha value is -3.99. The van der Waals surface area contributed by atoms with Crippen LogP contribution in [0.2, 0.25) is 5.02 Å². The third-order valence-corrected chi connectivity index (χ3v) is 5.08. The standard InChI is InChI=1S/C23H23ClN2O9/c1-5-33-21(28)12(2)34-19-15(24)8-13(10-18(19)31-3)9-16-20(27)26(23(30)25-16)11-14-6-7-17(35-14)22(29)32-4/h6-10,12H,5,11H2,1-4H3,(H,25,30)/b16-9-/t12-/m0/s1. The molecule has 12 heteroatoms. The molecule has 1 N–H and O–H groups in total. The van der Waals surface area contributed by atoms with E-state index in [2.05, 4.69) is 10.1 Å². The zero-order valence-corrected chi connectivity index (χ0v) is 20.1. The van der Waals surface area contributed by atoms with Crippen LogP contribution in [-0.2, 0) is 25.6 Å². The molecule has 11 nitrogen and oxygen atoms in total. The van der Waals surface area contributed by atoms with Crippen molar-refractivity contribution in [1.82, 2.24) is 10.2 Å². The molecule has 0 spiro atoms. The zero-order valence-electron chi connectivity index (χ0n) is 19.4. The molecule has 1 aromatic heterocycles. The van der Waals surface area contributed by atoms with E-state index in [1.165, 1.54) is 51.5 Å². The second-order valence-corrected chi connectivity index (χ2v) is 7.59. The molecule has 0 radical (unpaired) electrons. The Balaban J connectivity index is 1.80. The molecule has 35 heavy (non-hydrogen) atoms. The van der Waals surface area contributed by atoms with Gasteiger partial charge in [-0.1, -0.05) is 11.6 Å². The molecule has 0 bridgehead atoms. The number of hydrogen-bond acceptors (Lipinski definition) is 9. The molecule has 1 atom stereocenters. The third kappa shape index (κ3) is 5.75. The number of hydrogen-bond donors (Lipinski definition) is 1. The fourth-order valence-corrected chi connectivity index (χ4v) is 3.40. The van der Waals surface area contributed by atoms with E-state index in [4.69, 9.17) is 30.2 Å². The number of amides is 3. The van der Waals surface area contributed by atoms with Gasteiger partial charge in [0.15, 0.2) is 17.6 Å². The van der Waals surface area contributed by atoms with Crippen molar-refractivity contribution in [3.63, 3.8) is 0 Å². The van der Waals surface area contributed by atoms with Gasteiger partial charge in [0.05, 0.1) is 32.4 Å². The lowest BCUT2D eigenvalue weighted by Crippen LogP contribution is -2.30. The topological polar surface area (TPSA) is 134 Å². The van der Waals surface area contributed by atoms with Crippen LogP contribution in [0.25, 0.3) is 6.08 Å². The first-order valence-electron chi connectivity index (χ1n) is 10.4. The Morgan fingerprint density at radius 3 is 2.63 bits per heavy atom. The van der Waals surface area contributed by atoms with Gasteiger partial charge in [0.1, 0.15) is 11.5 Å². The van der Waals surface area contributed by atoms with Crippen molar-refractivity contribution < 1.29 is 42.5 Å². The van der Waals surface area contributed by atoms with Crippen LogP contribution < -0.4 is 14.8 Å². The molecule has 2 aromatic rings. The number of esters is 2. The molecule has 1 aromatic carbocycles. The van der Waals surface area contributed by atoms with Crippen molar-refractivity contribution in [3.05, 3.63) is 52.1 Å². The monoisotopic (exact) mass is 506 g/mol. The summed E-state index contributed by atoms with van der Waals surface area (Å²) in [4.78, 5) is 49.5. The van der Waals surface area contributed by atoms with Gasteiger partial charge in [-0.05, 0) is 49.8 Å². The summed E-state index contributed by atoms with van der Waals surface area (Å²) in [6.45, 7) is 3.20. The van der Waals surface area contributed by atoms with Crippen LogP contribution in [-0.4, -0.2) is 55.7 Å². The maximum Gasteiger partial charge on any atom is 0.373 e. The molecule has 1 aliphatic heterocycles. The predicted molar refractivity (Wildman–Crippen MR) is 122 cm³/mol. The highest BCUT2D eigenvalue weighted by atomic mass is 35.5. The summed E-state index contributed by atoms with van der Waals surface area (Å²) in [6, 6.07) is 5.20. The summed E-state index contributed by atoms with van der Waals surface area (Å²) in [5, 5.41) is 2.60. The van der Waals surface area contributed by atoms with Gasteiger partial charge in [-0.15, -0.1) is 0 Å². The Morgan fingerprint density at radius 1 is 1.23 bits per heavy atom. The van der Waals surface area contributed by atoms with Gasteiger partial charge in [-0.2, -0.15) is 0 Å². The summed E-state index contributed by atoms with van der Waals surface area (Å²) in [6.07, 6.45) is 0.478. The van der Waals surface area contributed by atoms with E-state index in [0.29, 0.717) is 5.56 Å². The summed E-state index contributed by atoms with van der Waals surface area (Å²) in [7, 11) is 2.60. The van der Waals surface area contributed by atoms with E-state index < -0.39 is 30.0 Å². The molecule has 0 saturated carbocycles. The molecular formula is C23H23ClN2O9. The van der Waals surface area contributed by atoms with Gasteiger partial charge >= 0.3 is 18.0 Å². The van der Waals surface area contributed by atoms with Crippen molar-refractivity contribution >= 4 is 41.6 Å². The summed E-state index contributed by atoms with van der Waals surface area (Å²) >= 11 is 6.35. The highest BCUT2D eigenvalue weighted by molar-refractivity contribution is 6.32. The molecule has 186 valence electrons. The number of halogens is 1. The van der Waals surface area contributed by atoms with E-state index in [1.54, 1.807) is 6.92 Å². The number of imide groups is 1. The number of ether oxygens (including phenoxy) is 4. The number of nitrogens with one attached hydrogen (secondary N) is 1. The lowest BCUT2D eigenvalue weighted by atomic mass is 10.1. The Labute approximate surface area is 205 Å². The van der Waals surface area contributed by atoms with Crippen LogP contribution in [0.3, 0.4) is 0 Å². The van der Waals surface area contributed by atoms with E-state index >= 15 is 0 Å². The molecular weight excluding hydrogens is 484 g/mol. The lowest BCUT2D eigenvalue weighted by Gasteiger charge is -2.17. The van der Waals surface area contributed by atoms with E-state index in [1.807, 2.05) is 0 Å². The van der Waals surface area contributed by atoms with Gasteiger partial charge in [-0.3, -0.25) is 9.69 Å². The van der Waals surface area contributed by atoms with Crippen LogP contribution in [0, 0.1) is 0 Å². The van der Waals surface area contributed by atoms with Crippen LogP contribution in [0.4, 0.5) is 4.79 Å². The highest BCUT2D eigenvalue weighted by Gasteiger charge is 2.34. The van der Waals surface area contributed by atoms with E-state index in [0.717, 1.165) is 4.90 Å². The molecule has 1 fully saturated rings. The zero-order chi connectivity index (χ0) is 25.7. The van der Waals surface area contributed by atoms with Crippen LogP contribution >= 0.6 is 11.6 Å². The fourth-order valence-electron chi connectivity index (χ4n) is 3.13. The molecule has 1 aliphatic rings. The maximum atomic E-state index is 12.8. The van der Waals surface area contributed by atoms with E-state index in [-0.39, 0.29) is 46.9 Å².